The van der Waals surface area contributed by atoms with Gasteiger partial charge in [-0.1, -0.05) is 18.2 Å². The maximum atomic E-state index is 14.4. The van der Waals surface area contributed by atoms with Gasteiger partial charge < -0.3 is 10.2 Å². The summed E-state index contributed by atoms with van der Waals surface area (Å²) in [6, 6.07) is 3.36. The molecule has 0 aliphatic heterocycles. The number of furan rings is 1. The zero-order chi connectivity index (χ0) is 14.7. The molecule has 3 nitrogen and oxygen atoms in total. The largest absolute Gasteiger partial charge is 0.464 e. The molecule has 2 aromatic heterocycles. The molecule has 2 aromatic rings. The molecular weight excluding hydrogens is 255 g/mol. The molecule has 4 heteroatoms. The SMILES string of the molecule is C=c1cco/c1=C(/C=C(C)C)c1ccnc(CN)c1F. The van der Waals surface area contributed by atoms with Gasteiger partial charge in [0.25, 0.3) is 0 Å². The number of allylic oxidation sites excluding steroid dienone is 2. The van der Waals surface area contributed by atoms with Crippen molar-refractivity contribution >= 4 is 12.2 Å². The third-order valence-corrected chi connectivity index (χ3v) is 2.87. The van der Waals surface area contributed by atoms with Gasteiger partial charge in [0, 0.05) is 29.1 Å². The van der Waals surface area contributed by atoms with Crippen LogP contribution in [0.5, 0.6) is 0 Å². The van der Waals surface area contributed by atoms with Crippen molar-refractivity contribution < 1.29 is 8.81 Å². The standard InChI is InChI=1S/C16H17FN2O/c1-10(2)8-13(16-11(3)5-7-20-16)12-4-6-19-14(9-18)15(12)17/h4-8H,3,9,18H2,1-2H3/b16-13-. The van der Waals surface area contributed by atoms with Crippen molar-refractivity contribution in [3.05, 3.63) is 64.0 Å². The Kier molecular flexibility index (Phi) is 4.15. The summed E-state index contributed by atoms with van der Waals surface area (Å²) >= 11 is 0. The van der Waals surface area contributed by atoms with Gasteiger partial charge in [0.1, 0.15) is 5.42 Å². The molecule has 20 heavy (non-hydrogen) atoms. The molecule has 0 unspecified atom stereocenters. The van der Waals surface area contributed by atoms with Crippen LogP contribution in [0, 0.1) is 5.82 Å². The second-order valence-corrected chi connectivity index (χ2v) is 4.73. The van der Waals surface area contributed by atoms with Gasteiger partial charge in [-0.3, -0.25) is 4.98 Å². The second-order valence-electron chi connectivity index (χ2n) is 4.73. The summed E-state index contributed by atoms with van der Waals surface area (Å²) in [5.41, 5.74) is 8.39. The molecule has 0 amide bonds. The monoisotopic (exact) mass is 272 g/mol. The van der Waals surface area contributed by atoms with E-state index in [2.05, 4.69) is 11.6 Å². The van der Waals surface area contributed by atoms with Crippen molar-refractivity contribution in [2.75, 3.05) is 0 Å². The Balaban J connectivity index is 2.84. The first kappa shape index (κ1) is 14.2. The van der Waals surface area contributed by atoms with Crippen LogP contribution in [0.2, 0.25) is 0 Å². The summed E-state index contributed by atoms with van der Waals surface area (Å²) in [5, 5.41) is 0.711. The van der Waals surface area contributed by atoms with E-state index in [1.165, 1.54) is 0 Å². The highest BCUT2D eigenvalue weighted by atomic mass is 19.1. The minimum absolute atomic E-state index is 0.0527. The van der Waals surface area contributed by atoms with E-state index in [4.69, 9.17) is 10.2 Å². The molecule has 0 saturated heterocycles. The lowest BCUT2D eigenvalue weighted by Crippen LogP contribution is -2.21. The molecule has 0 aromatic carbocycles. The maximum Gasteiger partial charge on any atom is 0.153 e. The highest BCUT2D eigenvalue weighted by Crippen LogP contribution is 2.19. The number of nitrogens with two attached hydrogens (primary N) is 1. The quantitative estimate of drug-likeness (QED) is 0.927. The van der Waals surface area contributed by atoms with E-state index in [-0.39, 0.29) is 12.2 Å². The lowest BCUT2D eigenvalue weighted by Gasteiger charge is -2.07. The smallest absolute Gasteiger partial charge is 0.153 e. The lowest BCUT2D eigenvalue weighted by atomic mass is 10.0. The average molecular weight is 272 g/mol. The number of aromatic nitrogens is 1. The normalized spacial score (nSPS) is 12.2. The number of pyridine rings is 1. The van der Waals surface area contributed by atoms with Crippen LogP contribution in [0.4, 0.5) is 4.39 Å². The minimum Gasteiger partial charge on any atom is -0.464 e. The van der Waals surface area contributed by atoms with E-state index in [0.717, 1.165) is 5.57 Å². The van der Waals surface area contributed by atoms with Crippen LogP contribution >= 0.6 is 0 Å². The molecule has 0 aliphatic rings. The summed E-state index contributed by atoms with van der Waals surface area (Å²) in [7, 11) is 0. The molecule has 0 aliphatic carbocycles. The van der Waals surface area contributed by atoms with Crippen molar-refractivity contribution in [1.29, 1.82) is 0 Å². The van der Waals surface area contributed by atoms with Gasteiger partial charge in [-0.2, -0.15) is 0 Å². The Hall–Kier alpha value is -2.20. The number of hydrogen-bond donors (Lipinski definition) is 1. The maximum absolute atomic E-state index is 14.4. The van der Waals surface area contributed by atoms with Gasteiger partial charge in [-0.15, -0.1) is 0 Å². The van der Waals surface area contributed by atoms with E-state index < -0.39 is 5.82 Å². The van der Waals surface area contributed by atoms with Crippen LogP contribution in [-0.4, -0.2) is 4.98 Å². The van der Waals surface area contributed by atoms with E-state index in [9.17, 15) is 4.39 Å². The molecule has 0 radical (unpaired) electrons. The van der Waals surface area contributed by atoms with E-state index in [1.807, 2.05) is 19.9 Å². The van der Waals surface area contributed by atoms with Crippen LogP contribution < -0.4 is 16.4 Å². The molecule has 0 spiro atoms. The van der Waals surface area contributed by atoms with Crippen molar-refractivity contribution in [3.63, 3.8) is 0 Å². The fourth-order valence-electron chi connectivity index (χ4n) is 1.96. The van der Waals surface area contributed by atoms with Gasteiger partial charge >= 0.3 is 0 Å². The molecule has 104 valence electrons. The van der Waals surface area contributed by atoms with Crippen LogP contribution in [0.15, 0.2) is 40.7 Å². The molecule has 0 atom stereocenters. The van der Waals surface area contributed by atoms with E-state index >= 15 is 0 Å². The number of nitrogens with zero attached hydrogens (tertiary/aromatic N) is 1. The first-order valence-corrected chi connectivity index (χ1v) is 6.30. The zero-order valence-electron chi connectivity index (χ0n) is 11.6. The minimum atomic E-state index is -0.418. The molecule has 2 rings (SSSR count). The number of halogens is 1. The molecule has 0 fully saturated rings. The Bertz CT molecular complexity index is 755. The average Bonchev–Trinajstić information content (AvgIpc) is 2.82. The first-order valence-electron chi connectivity index (χ1n) is 6.30. The fraction of sp³-hybridized carbons (Fsp3) is 0.188. The van der Waals surface area contributed by atoms with Gasteiger partial charge in [-0.05, 0) is 26.0 Å². The number of hydrogen-bond acceptors (Lipinski definition) is 3. The molecular formula is C16H17FN2O. The predicted molar refractivity (Wildman–Crippen MR) is 77.5 cm³/mol. The lowest BCUT2D eigenvalue weighted by molar-refractivity contribution is 0.528. The molecule has 2 heterocycles. The topological polar surface area (TPSA) is 52.0 Å². The first-order chi connectivity index (χ1) is 9.54. The van der Waals surface area contributed by atoms with Crippen LogP contribution in [0.3, 0.4) is 0 Å². The van der Waals surface area contributed by atoms with Crippen LogP contribution in [0.1, 0.15) is 25.1 Å². The fourth-order valence-corrected chi connectivity index (χ4v) is 1.96. The zero-order valence-corrected chi connectivity index (χ0v) is 11.6. The summed E-state index contributed by atoms with van der Waals surface area (Å²) in [4.78, 5) is 3.94. The van der Waals surface area contributed by atoms with Gasteiger partial charge in [-0.25, -0.2) is 4.39 Å². The summed E-state index contributed by atoms with van der Waals surface area (Å²) in [5.74, 6) is -0.418. The van der Waals surface area contributed by atoms with Crippen molar-refractivity contribution in [2.45, 2.75) is 20.4 Å². The van der Waals surface area contributed by atoms with E-state index in [0.29, 0.717) is 21.8 Å². The molecule has 0 saturated carbocycles. The Morgan fingerprint density at radius 1 is 1.45 bits per heavy atom. The summed E-state index contributed by atoms with van der Waals surface area (Å²) < 4.78 is 19.9. The van der Waals surface area contributed by atoms with Gasteiger partial charge in [0.15, 0.2) is 5.82 Å². The van der Waals surface area contributed by atoms with Crippen LogP contribution in [0.25, 0.3) is 12.2 Å². The second kappa shape index (κ2) is 5.84. The highest BCUT2D eigenvalue weighted by molar-refractivity contribution is 5.73. The Labute approximate surface area is 116 Å². The summed E-state index contributed by atoms with van der Waals surface area (Å²) in [6.07, 6.45) is 4.96. The Morgan fingerprint density at radius 3 is 2.75 bits per heavy atom. The van der Waals surface area contributed by atoms with Gasteiger partial charge in [0.05, 0.1) is 12.0 Å². The molecule has 2 N–H and O–H groups in total. The van der Waals surface area contributed by atoms with Crippen LogP contribution in [-0.2, 0) is 6.54 Å². The summed E-state index contributed by atoms with van der Waals surface area (Å²) in [6.45, 7) is 7.83. The molecule has 0 bridgehead atoms. The van der Waals surface area contributed by atoms with Crippen molar-refractivity contribution in [2.24, 2.45) is 5.73 Å². The van der Waals surface area contributed by atoms with Crippen molar-refractivity contribution in [1.82, 2.24) is 4.98 Å². The van der Waals surface area contributed by atoms with Gasteiger partial charge in [0.2, 0.25) is 0 Å². The third-order valence-electron chi connectivity index (χ3n) is 2.87. The predicted octanol–water partition coefficient (Wildman–Crippen LogP) is 1.85. The van der Waals surface area contributed by atoms with Crippen molar-refractivity contribution in [3.8, 4) is 0 Å². The Morgan fingerprint density at radius 2 is 2.20 bits per heavy atom. The highest BCUT2D eigenvalue weighted by Gasteiger charge is 2.13. The third kappa shape index (κ3) is 2.70. The number of rotatable bonds is 3. The van der Waals surface area contributed by atoms with E-state index in [1.54, 1.807) is 24.6 Å².